The minimum Gasteiger partial charge on any atom is -0.508 e. The molecule has 3 N–H and O–H groups in total. The van der Waals surface area contributed by atoms with E-state index in [1.807, 2.05) is 0 Å². The molecule has 0 spiro atoms. The molecule has 0 radical (unpaired) electrons. The number of hydrogen-bond acceptors (Lipinski definition) is 8. The summed E-state index contributed by atoms with van der Waals surface area (Å²) >= 11 is 0.940. The van der Waals surface area contributed by atoms with E-state index in [0.717, 1.165) is 36.0 Å². The van der Waals surface area contributed by atoms with Gasteiger partial charge in [-0.2, -0.15) is 0 Å². The van der Waals surface area contributed by atoms with Crippen molar-refractivity contribution in [3.8, 4) is 11.5 Å². The average Bonchev–Trinajstić information content (AvgIpc) is 2.98. The molecular weight excluding hydrogens is 414 g/mol. The summed E-state index contributed by atoms with van der Waals surface area (Å²) in [5.74, 6) is -2.20. The summed E-state index contributed by atoms with van der Waals surface area (Å²) < 4.78 is 0. The maximum absolute atomic E-state index is 12.7. The van der Waals surface area contributed by atoms with Crippen molar-refractivity contribution in [2.75, 3.05) is 6.54 Å². The molecule has 3 rings (SSSR count). The number of amidine groups is 1. The number of non-ortho nitro benzene ring substituents is 1. The number of hydrogen-bond donors (Lipinski definition) is 3. The van der Waals surface area contributed by atoms with Crippen LogP contribution in [-0.4, -0.2) is 48.7 Å². The van der Waals surface area contributed by atoms with Gasteiger partial charge in [0.2, 0.25) is 0 Å². The molecule has 0 bridgehead atoms. The highest BCUT2D eigenvalue weighted by molar-refractivity contribution is 8.18. The van der Waals surface area contributed by atoms with E-state index in [1.54, 1.807) is 6.92 Å². The fraction of sp³-hybridized carbons (Fsp3) is 0.105. The van der Waals surface area contributed by atoms with E-state index in [4.69, 9.17) is 0 Å². The SMILES string of the molecule is CCN1C(=O)/C(=C/c2cc([N+](=O)[O-])ccc2O)SC1=Nc1ccc(O)cc1C(=O)O. The van der Waals surface area contributed by atoms with E-state index >= 15 is 0 Å². The van der Waals surface area contributed by atoms with E-state index in [2.05, 4.69) is 4.99 Å². The number of amides is 1. The summed E-state index contributed by atoms with van der Waals surface area (Å²) in [5.41, 5.74) is -0.339. The van der Waals surface area contributed by atoms with Crippen molar-refractivity contribution >= 4 is 46.3 Å². The number of aliphatic imine (C=N–C) groups is 1. The highest BCUT2D eigenvalue weighted by atomic mass is 32.2. The number of carboxylic acid groups (broad SMARTS) is 1. The van der Waals surface area contributed by atoms with Gasteiger partial charge in [-0.3, -0.25) is 19.8 Å². The van der Waals surface area contributed by atoms with Crippen LogP contribution in [-0.2, 0) is 4.79 Å². The average molecular weight is 429 g/mol. The number of benzene rings is 2. The largest absolute Gasteiger partial charge is 0.508 e. The lowest BCUT2D eigenvalue weighted by Crippen LogP contribution is -2.28. The van der Waals surface area contributed by atoms with Gasteiger partial charge in [-0.15, -0.1) is 0 Å². The number of phenols is 2. The zero-order valence-corrected chi connectivity index (χ0v) is 16.3. The van der Waals surface area contributed by atoms with Gasteiger partial charge in [0.05, 0.1) is 21.1 Å². The van der Waals surface area contributed by atoms with Gasteiger partial charge in [-0.25, -0.2) is 9.79 Å². The maximum atomic E-state index is 12.7. The maximum Gasteiger partial charge on any atom is 0.338 e. The number of carboxylic acids is 1. The van der Waals surface area contributed by atoms with Gasteiger partial charge in [0, 0.05) is 24.2 Å². The minimum atomic E-state index is -1.29. The van der Waals surface area contributed by atoms with Crippen LogP contribution in [0.4, 0.5) is 11.4 Å². The van der Waals surface area contributed by atoms with Gasteiger partial charge in [-0.05, 0) is 49.0 Å². The summed E-state index contributed by atoms with van der Waals surface area (Å²) in [6.07, 6.45) is 1.31. The first kappa shape index (κ1) is 20.9. The first-order valence-corrected chi connectivity index (χ1v) is 9.36. The predicted molar refractivity (Wildman–Crippen MR) is 110 cm³/mol. The lowest BCUT2D eigenvalue weighted by atomic mass is 10.1. The smallest absolute Gasteiger partial charge is 0.338 e. The molecule has 1 saturated heterocycles. The van der Waals surface area contributed by atoms with Crippen molar-refractivity contribution in [3.05, 3.63) is 62.5 Å². The Morgan fingerprint density at radius 3 is 2.63 bits per heavy atom. The number of aromatic hydroxyl groups is 2. The highest BCUT2D eigenvalue weighted by Crippen LogP contribution is 2.37. The molecule has 1 aliphatic heterocycles. The summed E-state index contributed by atoms with van der Waals surface area (Å²) in [6.45, 7) is 1.94. The summed E-state index contributed by atoms with van der Waals surface area (Å²) in [6, 6.07) is 7.10. The first-order chi connectivity index (χ1) is 14.2. The summed E-state index contributed by atoms with van der Waals surface area (Å²) in [5, 5.41) is 40.0. The topological polar surface area (TPSA) is 154 Å². The molecule has 1 fully saturated rings. The third kappa shape index (κ3) is 4.10. The Bertz CT molecular complexity index is 1130. The lowest BCUT2D eigenvalue weighted by molar-refractivity contribution is -0.384. The van der Waals surface area contributed by atoms with Crippen LogP contribution >= 0.6 is 11.8 Å². The van der Waals surface area contributed by atoms with E-state index in [9.17, 15) is 35.0 Å². The number of phenolic OH excluding ortho intramolecular Hbond substituents is 2. The van der Waals surface area contributed by atoms with Crippen LogP contribution in [0.3, 0.4) is 0 Å². The Labute approximate surface area is 173 Å². The van der Waals surface area contributed by atoms with Crippen LogP contribution in [0.5, 0.6) is 11.5 Å². The third-order valence-electron chi connectivity index (χ3n) is 4.14. The van der Waals surface area contributed by atoms with Crippen LogP contribution in [0.15, 0.2) is 46.3 Å². The van der Waals surface area contributed by atoms with E-state index in [-0.39, 0.29) is 50.6 Å². The minimum absolute atomic E-state index is 0.0495. The van der Waals surface area contributed by atoms with Crippen molar-refractivity contribution in [1.82, 2.24) is 4.90 Å². The van der Waals surface area contributed by atoms with E-state index < -0.39 is 16.8 Å². The van der Waals surface area contributed by atoms with Crippen molar-refractivity contribution in [2.45, 2.75) is 6.92 Å². The Morgan fingerprint density at radius 2 is 2.00 bits per heavy atom. The number of nitrogens with zero attached hydrogens (tertiary/aromatic N) is 3. The molecule has 2 aromatic rings. The van der Waals surface area contributed by atoms with E-state index in [0.29, 0.717) is 0 Å². The lowest BCUT2D eigenvalue weighted by Gasteiger charge is -2.12. The summed E-state index contributed by atoms with van der Waals surface area (Å²) in [7, 11) is 0. The fourth-order valence-electron chi connectivity index (χ4n) is 2.68. The molecule has 0 saturated carbocycles. The number of rotatable bonds is 5. The van der Waals surface area contributed by atoms with Crippen LogP contribution in [0.25, 0.3) is 6.08 Å². The first-order valence-electron chi connectivity index (χ1n) is 8.55. The molecule has 30 heavy (non-hydrogen) atoms. The molecule has 1 aliphatic rings. The fourth-order valence-corrected chi connectivity index (χ4v) is 3.72. The number of thioether (sulfide) groups is 1. The molecule has 1 heterocycles. The second kappa shape index (κ2) is 8.25. The zero-order chi connectivity index (χ0) is 22.0. The molecule has 10 nitrogen and oxygen atoms in total. The normalized spacial score (nSPS) is 16.4. The second-order valence-electron chi connectivity index (χ2n) is 6.06. The number of likely N-dealkylation sites (N-methyl/N-ethyl adjacent to an activating group) is 1. The van der Waals surface area contributed by atoms with Crippen LogP contribution in [0.1, 0.15) is 22.8 Å². The zero-order valence-electron chi connectivity index (χ0n) is 15.5. The quantitative estimate of drug-likeness (QED) is 0.371. The molecular formula is C19H15N3O7S. The van der Waals surface area contributed by atoms with Gasteiger partial charge >= 0.3 is 5.97 Å². The standard InChI is InChI=1S/C19H15N3O7S/c1-2-21-17(25)16(8-10-7-11(22(28)29)3-6-15(10)24)30-19(21)20-14-5-4-12(23)9-13(14)18(26)27/h3-9,23-24H,2H2,1H3,(H,26,27)/b16-8-,20-19?. The molecule has 0 unspecified atom stereocenters. The Balaban J connectivity index is 2.04. The van der Waals surface area contributed by atoms with Crippen molar-refractivity contribution in [2.24, 2.45) is 4.99 Å². The molecule has 0 atom stereocenters. The molecule has 2 aromatic carbocycles. The predicted octanol–water partition coefficient (Wildman–Crippen LogP) is 3.33. The van der Waals surface area contributed by atoms with Gasteiger partial charge in [-0.1, -0.05) is 0 Å². The van der Waals surface area contributed by atoms with Gasteiger partial charge in [0.1, 0.15) is 11.5 Å². The number of carbonyl (C=O) groups excluding carboxylic acids is 1. The summed E-state index contributed by atoms with van der Waals surface area (Å²) in [4.78, 5) is 40.2. The van der Waals surface area contributed by atoms with Gasteiger partial charge < -0.3 is 15.3 Å². The van der Waals surface area contributed by atoms with Crippen LogP contribution < -0.4 is 0 Å². The Kier molecular flexibility index (Phi) is 5.74. The van der Waals surface area contributed by atoms with Gasteiger partial charge in [0.15, 0.2) is 5.17 Å². The number of aromatic carboxylic acids is 1. The molecule has 154 valence electrons. The monoisotopic (exact) mass is 429 g/mol. The van der Waals surface area contributed by atoms with Crippen molar-refractivity contribution in [3.63, 3.8) is 0 Å². The number of carbonyl (C=O) groups is 2. The Morgan fingerprint density at radius 1 is 1.27 bits per heavy atom. The number of nitro benzene ring substituents is 1. The van der Waals surface area contributed by atoms with Crippen LogP contribution in [0, 0.1) is 10.1 Å². The molecule has 1 amide bonds. The molecule has 0 aromatic heterocycles. The van der Waals surface area contributed by atoms with Crippen molar-refractivity contribution < 1.29 is 29.8 Å². The van der Waals surface area contributed by atoms with E-state index in [1.165, 1.54) is 23.1 Å². The Hall–Kier alpha value is -3.86. The third-order valence-corrected chi connectivity index (χ3v) is 5.15. The molecule has 11 heteroatoms. The van der Waals surface area contributed by atoms with Crippen LogP contribution in [0.2, 0.25) is 0 Å². The van der Waals surface area contributed by atoms with Crippen molar-refractivity contribution in [1.29, 1.82) is 0 Å². The second-order valence-corrected chi connectivity index (χ2v) is 7.07. The van der Waals surface area contributed by atoms with Gasteiger partial charge in [0.25, 0.3) is 11.6 Å². The molecule has 0 aliphatic carbocycles. The number of nitro groups is 1. The highest BCUT2D eigenvalue weighted by Gasteiger charge is 2.33.